The lowest BCUT2D eigenvalue weighted by atomic mass is 10.3. The van der Waals surface area contributed by atoms with Crippen molar-refractivity contribution in [2.45, 2.75) is 4.90 Å². The summed E-state index contributed by atoms with van der Waals surface area (Å²) in [6, 6.07) is 5.74. The first-order valence-corrected chi connectivity index (χ1v) is 5.18. The Balaban J connectivity index is 2.72. The smallest absolute Gasteiger partial charge is 0.0963 e. The van der Waals surface area contributed by atoms with Crippen molar-refractivity contribution >= 4 is 33.4 Å². The molecule has 0 aliphatic rings. The molecule has 0 amide bonds. The molecule has 0 aliphatic carbocycles. The second kappa shape index (κ2) is 4.74. The molecule has 0 radical (unpaired) electrons. The average molecular weight is 248 g/mol. The molecule has 2 N–H and O–H groups in total. The molecule has 0 spiro atoms. The predicted molar refractivity (Wildman–Crippen MR) is 56.3 cm³/mol. The van der Waals surface area contributed by atoms with Crippen LogP contribution in [0, 0.1) is 0 Å². The molecule has 0 unspecified atom stereocenters. The molecule has 1 rings (SSSR count). The molecule has 0 atom stereocenters. The van der Waals surface area contributed by atoms with E-state index in [0.29, 0.717) is 5.94 Å². The molecular weight excluding hydrogens is 238 g/mol. The quantitative estimate of drug-likeness (QED) is 0.507. The van der Waals surface area contributed by atoms with Crippen molar-refractivity contribution in [1.82, 2.24) is 0 Å². The van der Waals surface area contributed by atoms with Gasteiger partial charge in [0, 0.05) is 22.2 Å². The average Bonchev–Trinajstić information content (AvgIpc) is 2.03. The highest BCUT2D eigenvalue weighted by molar-refractivity contribution is 9.10. The number of thioether (sulfide) groups is 1. The second-order valence-electron chi connectivity index (χ2n) is 2.24. The number of hydrogen-bond acceptors (Lipinski definition) is 3. The van der Waals surface area contributed by atoms with E-state index in [9.17, 15) is 0 Å². The van der Waals surface area contributed by atoms with Crippen molar-refractivity contribution in [3.05, 3.63) is 22.7 Å². The van der Waals surface area contributed by atoms with E-state index >= 15 is 0 Å². The number of nitrogens with two attached hydrogens (primary N) is 1. The summed E-state index contributed by atoms with van der Waals surface area (Å²) in [5.74, 6) is 0.655. The van der Waals surface area contributed by atoms with Crippen LogP contribution in [0.3, 0.4) is 0 Å². The molecule has 0 bridgehead atoms. The fraction of sp³-hybridized carbons (Fsp3) is 0.250. The van der Waals surface area contributed by atoms with Crippen LogP contribution >= 0.6 is 27.7 Å². The Morgan fingerprint density at radius 1 is 1.58 bits per heavy atom. The Morgan fingerprint density at radius 3 is 2.92 bits per heavy atom. The van der Waals surface area contributed by atoms with Crippen LogP contribution in [0.2, 0.25) is 0 Å². The Morgan fingerprint density at radius 2 is 2.33 bits per heavy atom. The number of anilines is 1. The van der Waals surface area contributed by atoms with Crippen LogP contribution in [0.25, 0.3) is 0 Å². The third-order valence-electron chi connectivity index (χ3n) is 1.29. The summed E-state index contributed by atoms with van der Waals surface area (Å²) >= 11 is 5.05. The van der Waals surface area contributed by atoms with Crippen LogP contribution in [0.1, 0.15) is 0 Å². The van der Waals surface area contributed by atoms with Crippen LogP contribution in [0.5, 0.6) is 0 Å². The number of hydrogen-bond donors (Lipinski definition) is 1. The standard InChI is InChI=1S/C8H10BrNOS/c1-11-5-12-8-3-2-6(10)4-7(8)9/h2-4H,5,10H2,1H3. The number of nitrogen functional groups attached to an aromatic ring is 1. The summed E-state index contributed by atoms with van der Waals surface area (Å²) < 4.78 is 5.96. The minimum Gasteiger partial charge on any atom is -0.399 e. The first-order valence-electron chi connectivity index (χ1n) is 3.41. The molecule has 66 valence electrons. The lowest BCUT2D eigenvalue weighted by molar-refractivity contribution is 0.259. The summed E-state index contributed by atoms with van der Waals surface area (Å²) in [5.41, 5.74) is 6.35. The Labute approximate surface area is 84.6 Å². The van der Waals surface area contributed by atoms with Crippen molar-refractivity contribution in [1.29, 1.82) is 0 Å². The maximum absolute atomic E-state index is 5.59. The number of benzene rings is 1. The first kappa shape index (κ1) is 9.89. The topological polar surface area (TPSA) is 35.2 Å². The molecular formula is C8H10BrNOS. The van der Waals surface area contributed by atoms with Crippen molar-refractivity contribution in [3.63, 3.8) is 0 Å². The van der Waals surface area contributed by atoms with Crippen molar-refractivity contribution < 1.29 is 4.74 Å². The molecule has 0 heterocycles. The summed E-state index contributed by atoms with van der Waals surface area (Å²) in [7, 11) is 1.68. The summed E-state index contributed by atoms with van der Waals surface area (Å²) in [6.45, 7) is 0. The zero-order valence-electron chi connectivity index (χ0n) is 6.71. The van der Waals surface area contributed by atoms with Crippen LogP contribution in [0.4, 0.5) is 5.69 Å². The van der Waals surface area contributed by atoms with Crippen LogP contribution in [-0.4, -0.2) is 13.0 Å². The molecule has 0 saturated heterocycles. The summed E-state index contributed by atoms with van der Waals surface area (Å²) in [6.07, 6.45) is 0. The van der Waals surface area contributed by atoms with Gasteiger partial charge in [-0.1, -0.05) is 11.8 Å². The van der Waals surface area contributed by atoms with Crippen molar-refractivity contribution in [3.8, 4) is 0 Å². The van der Waals surface area contributed by atoms with Gasteiger partial charge in [0.25, 0.3) is 0 Å². The van der Waals surface area contributed by atoms with E-state index < -0.39 is 0 Å². The lowest BCUT2D eigenvalue weighted by Gasteiger charge is -2.03. The summed E-state index contributed by atoms with van der Waals surface area (Å²) in [5, 5.41) is 0. The molecule has 0 fully saturated rings. The van der Waals surface area contributed by atoms with Crippen LogP contribution < -0.4 is 5.73 Å². The first-order chi connectivity index (χ1) is 5.74. The SMILES string of the molecule is COCSc1ccc(N)cc1Br. The molecule has 0 aliphatic heterocycles. The van der Waals surface area contributed by atoms with Gasteiger partial charge in [-0.15, -0.1) is 0 Å². The zero-order valence-corrected chi connectivity index (χ0v) is 9.11. The van der Waals surface area contributed by atoms with Gasteiger partial charge in [0.1, 0.15) is 0 Å². The highest BCUT2D eigenvalue weighted by Gasteiger charge is 1.99. The van der Waals surface area contributed by atoms with E-state index in [1.54, 1.807) is 18.9 Å². The third kappa shape index (κ3) is 2.69. The van der Waals surface area contributed by atoms with Gasteiger partial charge < -0.3 is 10.5 Å². The maximum Gasteiger partial charge on any atom is 0.0963 e. The molecule has 4 heteroatoms. The highest BCUT2D eigenvalue weighted by Crippen LogP contribution is 2.28. The normalized spacial score (nSPS) is 10.2. The van der Waals surface area contributed by atoms with Gasteiger partial charge in [-0.05, 0) is 34.1 Å². The fourth-order valence-corrected chi connectivity index (χ4v) is 2.10. The van der Waals surface area contributed by atoms with Gasteiger partial charge in [0.05, 0.1) is 5.94 Å². The van der Waals surface area contributed by atoms with Crippen molar-refractivity contribution in [2.75, 3.05) is 18.8 Å². The van der Waals surface area contributed by atoms with Gasteiger partial charge in [-0.3, -0.25) is 0 Å². The number of ether oxygens (including phenoxy) is 1. The van der Waals surface area contributed by atoms with E-state index in [2.05, 4.69) is 15.9 Å². The molecule has 2 nitrogen and oxygen atoms in total. The maximum atomic E-state index is 5.59. The van der Waals surface area contributed by atoms with E-state index in [4.69, 9.17) is 10.5 Å². The molecule has 0 aromatic heterocycles. The van der Waals surface area contributed by atoms with E-state index in [1.165, 1.54) is 0 Å². The third-order valence-corrected chi connectivity index (χ3v) is 3.23. The van der Waals surface area contributed by atoms with Gasteiger partial charge in [-0.25, -0.2) is 0 Å². The minimum absolute atomic E-state index is 0.655. The van der Waals surface area contributed by atoms with Crippen LogP contribution in [0.15, 0.2) is 27.6 Å². The lowest BCUT2D eigenvalue weighted by Crippen LogP contribution is -1.86. The van der Waals surface area contributed by atoms with Gasteiger partial charge in [0.2, 0.25) is 0 Å². The second-order valence-corrected chi connectivity index (χ2v) is 4.06. The van der Waals surface area contributed by atoms with Gasteiger partial charge >= 0.3 is 0 Å². The molecule has 1 aromatic rings. The number of halogens is 1. The minimum atomic E-state index is 0.655. The number of methoxy groups -OCH3 is 1. The molecule has 0 saturated carbocycles. The predicted octanol–water partition coefficient (Wildman–Crippen LogP) is 2.73. The molecule has 12 heavy (non-hydrogen) atoms. The molecule has 1 aromatic carbocycles. The highest BCUT2D eigenvalue weighted by atomic mass is 79.9. The van der Waals surface area contributed by atoms with Crippen LogP contribution in [-0.2, 0) is 4.74 Å². The Hall–Kier alpha value is -0.190. The van der Waals surface area contributed by atoms with Gasteiger partial charge in [0.15, 0.2) is 0 Å². The zero-order chi connectivity index (χ0) is 8.97. The fourth-order valence-electron chi connectivity index (χ4n) is 0.757. The summed E-state index contributed by atoms with van der Waals surface area (Å²) in [4.78, 5) is 1.14. The monoisotopic (exact) mass is 247 g/mol. The van der Waals surface area contributed by atoms with E-state index in [0.717, 1.165) is 15.1 Å². The number of rotatable bonds is 3. The van der Waals surface area contributed by atoms with E-state index in [-0.39, 0.29) is 0 Å². The Kier molecular flexibility index (Phi) is 3.91. The van der Waals surface area contributed by atoms with Gasteiger partial charge in [-0.2, -0.15) is 0 Å². The Bertz CT molecular complexity index is 267. The largest absolute Gasteiger partial charge is 0.399 e. The van der Waals surface area contributed by atoms with Crippen molar-refractivity contribution in [2.24, 2.45) is 0 Å². The van der Waals surface area contributed by atoms with E-state index in [1.807, 2.05) is 18.2 Å².